The van der Waals surface area contributed by atoms with Crippen LogP contribution < -0.4 is 10.2 Å². The van der Waals surface area contributed by atoms with Crippen LogP contribution in [0.1, 0.15) is 19.4 Å². The highest BCUT2D eigenvalue weighted by Crippen LogP contribution is 2.29. The molecule has 5 nitrogen and oxygen atoms in total. The van der Waals surface area contributed by atoms with Crippen molar-refractivity contribution >= 4 is 17.4 Å². The molecule has 0 saturated carbocycles. The second-order valence-corrected chi connectivity index (χ2v) is 5.96. The summed E-state index contributed by atoms with van der Waals surface area (Å²) in [5.74, 6) is 0. The Balaban J connectivity index is 1.72. The molecule has 0 aliphatic carbocycles. The molecule has 114 valence electrons. The topological polar surface area (TPSA) is 44.8 Å². The van der Waals surface area contributed by atoms with Crippen molar-refractivity contribution in [3.63, 3.8) is 0 Å². The minimum Gasteiger partial charge on any atom is -0.375 e. The van der Waals surface area contributed by atoms with Gasteiger partial charge in [-0.3, -0.25) is 0 Å². The first-order valence-corrected chi connectivity index (χ1v) is 7.59. The van der Waals surface area contributed by atoms with Crippen molar-refractivity contribution in [2.24, 2.45) is 0 Å². The number of nitrogens with zero attached hydrogens (tertiary/aromatic N) is 2. The Labute approximate surface area is 125 Å². The van der Waals surface area contributed by atoms with Gasteiger partial charge in [0.15, 0.2) is 0 Å². The quantitative estimate of drug-likeness (QED) is 0.863. The second-order valence-electron chi connectivity index (χ2n) is 5.96. The van der Waals surface area contributed by atoms with Gasteiger partial charge in [-0.05, 0) is 38.0 Å². The molecule has 3 rings (SSSR count). The highest BCUT2D eigenvalue weighted by molar-refractivity contribution is 5.90. The van der Waals surface area contributed by atoms with Gasteiger partial charge in [-0.2, -0.15) is 0 Å². The molecular weight excluding hydrogens is 266 g/mol. The number of hydrogen-bond acceptors (Lipinski definition) is 3. The summed E-state index contributed by atoms with van der Waals surface area (Å²) in [4.78, 5) is 16.5. The standard InChI is InChI=1S/C16H23N3O2/c1-11-12(2)21-9-8-19(11)16(20)17-14-5-4-13-6-7-18(3)15(13)10-14/h4-5,10-12H,6-9H2,1-3H3,(H,17,20)/t11-,12-/m0/s1. The maximum absolute atomic E-state index is 12.5. The number of nitrogens with one attached hydrogen (secondary N) is 1. The van der Waals surface area contributed by atoms with Gasteiger partial charge in [0.05, 0.1) is 18.8 Å². The van der Waals surface area contributed by atoms with E-state index in [2.05, 4.69) is 29.4 Å². The number of fused-ring (bicyclic) bond motifs is 1. The summed E-state index contributed by atoms with van der Waals surface area (Å²) in [5.41, 5.74) is 3.43. The van der Waals surface area contributed by atoms with E-state index in [-0.39, 0.29) is 18.2 Å². The number of carbonyl (C=O) groups is 1. The molecule has 0 unspecified atom stereocenters. The number of carbonyl (C=O) groups excluding carboxylic acids is 1. The zero-order chi connectivity index (χ0) is 15.0. The monoisotopic (exact) mass is 289 g/mol. The molecule has 1 aromatic carbocycles. The molecule has 2 atom stereocenters. The van der Waals surface area contributed by atoms with E-state index < -0.39 is 0 Å². The zero-order valence-electron chi connectivity index (χ0n) is 12.9. The van der Waals surface area contributed by atoms with Crippen LogP contribution in [0.3, 0.4) is 0 Å². The first-order chi connectivity index (χ1) is 10.1. The predicted octanol–water partition coefficient (Wildman–Crippen LogP) is 2.32. The molecule has 2 amide bonds. The Hall–Kier alpha value is -1.75. The van der Waals surface area contributed by atoms with Gasteiger partial charge in [0.1, 0.15) is 0 Å². The van der Waals surface area contributed by atoms with Gasteiger partial charge < -0.3 is 19.9 Å². The van der Waals surface area contributed by atoms with Crippen LogP contribution in [0, 0.1) is 0 Å². The Morgan fingerprint density at radius 1 is 1.33 bits per heavy atom. The number of urea groups is 1. The van der Waals surface area contributed by atoms with Crippen LogP contribution in [0.2, 0.25) is 0 Å². The maximum Gasteiger partial charge on any atom is 0.322 e. The normalized spacial score (nSPS) is 24.9. The number of morpholine rings is 1. The van der Waals surface area contributed by atoms with Gasteiger partial charge in [-0.15, -0.1) is 0 Å². The van der Waals surface area contributed by atoms with Crippen LogP contribution in [-0.2, 0) is 11.2 Å². The lowest BCUT2D eigenvalue weighted by Crippen LogP contribution is -2.52. The number of ether oxygens (including phenoxy) is 1. The van der Waals surface area contributed by atoms with E-state index in [1.165, 1.54) is 11.3 Å². The fourth-order valence-electron chi connectivity index (χ4n) is 3.03. The Bertz CT molecular complexity index is 546. The molecule has 5 heteroatoms. The smallest absolute Gasteiger partial charge is 0.322 e. The van der Waals surface area contributed by atoms with Crippen molar-refractivity contribution in [2.45, 2.75) is 32.4 Å². The average molecular weight is 289 g/mol. The number of rotatable bonds is 1. The molecule has 2 heterocycles. The highest BCUT2D eigenvalue weighted by Gasteiger charge is 2.29. The average Bonchev–Trinajstić information content (AvgIpc) is 2.83. The number of likely N-dealkylation sites (N-methyl/N-ethyl adjacent to an activating group) is 1. The van der Waals surface area contributed by atoms with E-state index >= 15 is 0 Å². The van der Waals surface area contributed by atoms with Gasteiger partial charge in [0.2, 0.25) is 0 Å². The van der Waals surface area contributed by atoms with Crippen LogP contribution in [0.15, 0.2) is 18.2 Å². The van der Waals surface area contributed by atoms with Crippen LogP contribution in [-0.4, -0.2) is 49.8 Å². The summed E-state index contributed by atoms with van der Waals surface area (Å²) in [5, 5.41) is 3.02. The van der Waals surface area contributed by atoms with Crippen molar-refractivity contribution in [3.05, 3.63) is 23.8 Å². The van der Waals surface area contributed by atoms with E-state index in [9.17, 15) is 4.79 Å². The molecular formula is C16H23N3O2. The lowest BCUT2D eigenvalue weighted by Gasteiger charge is -2.37. The van der Waals surface area contributed by atoms with Crippen LogP contribution in [0.5, 0.6) is 0 Å². The fraction of sp³-hybridized carbons (Fsp3) is 0.562. The minimum atomic E-state index is -0.0433. The maximum atomic E-state index is 12.5. The number of anilines is 2. The largest absolute Gasteiger partial charge is 0.375 e. The van der Waals surface area contributed by atoms with Gasteiger partial charge >= 0.3 is 6.03 Å². The Kier molecular flexibility index (Phi) is 3.76. The lowest BCUT2D eigenvalue weighted by molar-refractivity contribution is -0.0355. The van der Waals surface area contributed by atoms with E-state index in [1.54, 1.807) is 0 Å². The zero-order valence-corrected chi connectivity index (χ0v) is 12.9. The second kappa shape index (κ2) is 5.56. The molecule has 0 bridgehead atoms. The lowest BCUT2D eigenvalue weighted by atomic mass is 10.1. The van der Waals surface area contributed by atoms with Crippen LogP contribution in [0.4, 0.5) is 16.2 Å². The molecule has 0 spiro atoms. The van der Waals surface area contributed by atoms with E-state index in [0.717, 1.165) is 18.7 Å². The van der Waals surface area contributed by atoms with E-state index in [1.807, 2.05) is 24.8 Å². The molecule has 2 aliphatic rings. The van der Waals surface area contributed by atoms with Gasteiger partial charge in [-0.25, -0.2) is 4.79 Å². The molecule has 1 fully saturated rings. The third kappa shape index (κ3) is 2.70. The molecule has 0 aromatic heterocycles. The van der Waals surface area contributed by atoms with Crippen LogP contribution in [0.25, 0.3) is 0 Å². The van der Waals surface area contributed by atoms with Crippen LogP contribution >= 0.6 is 0 Å². The van der Waals surface area contributed by atoms with Crippen molar-refractivity contribution in [2.75, 3.05) is 37.0 Å². The molecule has 1 N–H and O–H groups in total. The third-order valence-electron chi connectivity index (χ3n) is 4.61. The summed E-state index contributed by atoms with van der Waals surface area (Å²) >= 11 is 0. The first-order valence-electron chi connectivity index (χ1n) is 7.59. The Morgan fingerprint density at radius 3 is 2.95 bits per heavy atom. The van der Waals surface area contributed by atoms with Gasteiger partial charge in [0.25, 0.3) is 0 Å². The molecule has 21 heavy (non-hydrogen) atoms. The minimum absolute atomic E-state index is 0.0433. The fourth-order valence-corrected chi connectivity index (χ4v) is 3.03. The molecule has 0 radical (unpaired) electrons. The molecule has 1 saturated heterocycles. The molecule has 2 aliphatic heterocycles. The molecule has 1 aromatic rings. The SMILES string of the molecule is C[C@@H]1OCCN(C(=O)Nc2ccc3c(c2)N(C)CC3)[C@H]1C. The first kappa shape index (κ1) is 14.2. The van der Waals surface area contributed by atoms with E-state index in [4.69, 9.17) is 4.74 Å². The number of hydrogen-bond donors (Lipinski definition) is 1. The number of benzene rings is 1. The predicted molar refractivity (Wildman–Crippen MR) is 84.0 cm³/mol. The van der Waals surface area contributed by atoms with Crippen molar-refractivity contribution in [1.29, 1.82) is 0 Å². The Morgan fingerprint density at radius 2 is 2.14 bits per heavy atom. The highest BCUT2D eigenvalue weighted by atomic mass is 16.5. The van der Waals surface area contributed by atoms with Gasteiger partial charge in [0, 0.05) is 31.5 Å². The summed E-state index contributed by atoms with van der Waals surface area (Å²) in [6.45, 7) is 6.33. The van der Waals surface area contributed by atoms with E-state index in [0.29, 0.717) is 13.2 Å². The number of amides is 2. The summed E-state index contributed by atoms with van der Waals surface area (Å²) in [6.07, 6.45) is 1.16. The summed E-state index contributed by atoms with van der Waals surface area (Å²) < 4.78 is 5.57. The summed E-state index contributed by atoms with van der Waals surface area (Å²) in [6, 6.07) is 6.22. The van der Waals surface area contributed by atoms with Crippen molar-refractivity contribution in [3.8, 4) is 0 Å². The van der Waals surface area contributed by atoms with Crippen molar-refractivity contribution < 1.29 is 9.53 Å². The third-order valence-corrected chi connectivity index (χ3v) is 4.61. The summed E-state index contributed by atoms with van der Waals surface area (Å²) in [7, 11) is 2.09. The van der Waals surface area contributed by atoms with Crippen molar-refractivity contribution in [1.82, 2.24) is 4.90 Å². The van der Waals surface area contributed by atoms with Gasteiger partial charge in [-0.1, -0.05) is 6.07 Å².